The number of aromatic nitrogens is 3. The topological polar surface area (TPSA) is 57.5 Å². The molecule has 8 heteroatoms. The zero-order chi connectivity index (χ0) is 24.2. The van der Waals surface area contributed by atoms with E-state index in [0.717, 1.165) is 74.2 Å². The molecule has 2 aromatic heterocycles. The van der Waals surface area contributed by atoms with Crippen molar-refractivity contribution in [2.45, 2.75) is 44.7 Å². The van der Waals surface area contributed by atoms with E-state index in [1.54, 1.807) is 11.8 Å². The summed E-state index contributed by atoms with van der Waals surface area (Å²) in [6, 6.07) is 12.4. The van der Waals surface area contributed by atoms with E-state index < -0.39 is 0 Å². The molecule has 5 rings (SSSR count). The molecule has 4 heterocycles. The summed E-state index contributed by atoms with van der Waals surface area (Å²) < 4.78 is 2.37. The third-order valence-corrected chi connectivity index (χ3v) is 8.23. The number of fused-ring (bicyclic) bond motifs is 1. The number of hydrogen-bond acceptors (Lipinski definition) is 6. The number of carbonyl (C=O) groups excluding carboxylic acids is 1. The first-order valence-electron chi connectivity index (χ1n) is 12.9. The summed E-state index contributed by atoms with van der Waals surface area (Å²) in [4.78, 5) is 29.8. The highest BCUT2D eigenvalue weighted by molar-refractivity contribution is 8.00. The number of piperazine rings is 1. The van der Waals surface area contributed by atoms with Crippen molar-refractivity contribution < 1.29 is 4.79 Å². The second kappa shape index (κ2) is 11.0. The molecule has 0 bridgehead atoms. The van der Waals surface area contributed by atoms with Crippen LogP contribution in [0.2, 0.25) is 0 Å². The van der Waals surface area contributed by atoms with Gasteiger partial charge in [-0.25, -0.2) is 9.97 Å². The van der Waals surface area contributed by atoms with Gasteiger partial charge in [0.25, 0.3) is 0 Å². The minimum absolute atomic E-state index is 0.200. The Bertz CT molecular complexity index is 1140. The Morgan fingerprint density at radius 3 is 2.17 bits per heavy atom. The number of carbonyl (C=O) groups is 1. The van der Waals surface area contributed by atoms with Crippen LogP contribution in [0, 0.1) is 13.8 Å². The number of anilines is 1. The van der Waals surface area contributed by atoms with Gasteiger partial charge in [0.1, 0.15) is 5.03 Å². The molecular weight excluding hydrogens is 456 g/mol. The van der Waals surface area contributed by atoms with Crippen LogP contribution >= 0.6 is 11.8 Å². The largest absolute Gasteiger partial charge is 0.354 e. The van der Waals surface area contributed by atoms with E-state index in [2.05, 4.69) is 40.3 Å². The van der Waals surface area contributed by atoms with Crippen molar-refractivity contribution in [2.24, 2.45) is 0 Å². The van der Waals surface area contributed by atoms with Gasteiger partial charge in [-0.1, -0.05) is 23.9 Å². The molecule has 0 aliphatic carbocycles. The smallest absolute Gasteiger partial charge is 0.233 e. The van der Waals surface area contributed by atoms with E-state index >= 15 is 0 Å². The molecule has 0 N–H and O–H groups in total. The Kier molecular flexibility index (Phi) is 7.58. The van der Waals surface area contributed by atoms with Crippen molar-refractivity contribution in [2.75, 3.05) is 56.5 Å². The van der Waals surface area contributed by atoms with Crippen LogP contribution in [-0.4, -0.2) is 81.8 Å². The van der Waals surface area contributed by atoms with E-state index in [9.17, 15) is 4.79 Å². The summed E-state index contributed by atoms with van der Waals surface area (Å²) in [6.07, 6.45) is 3.64. The summed E-state index contributed by atoms with van der Waals surface area (Å²) in [6.45, 7) is 11.9. The minimum atomic E-state index is 0.200. The average Bonchev–Trinajstić information content (AvgIpc) is 3.23. The molecule has 7 nitrogen and oxygen atoms in total. The van der Waals surface area contributed by atoms with Gasteiger partial charge in [0.2, 0.25) is 5.91 Å². The molecule has 2 aliphatic heterocycles. The van der Waals surface area contributed by atoms with E-state index in [4.69, 9.17) is 9.97 Å². The number of nitrogens with zero attached hydrogens (tertiary/aromatic N) is 6. The standard InChI is InChI=1S/C27H36N6OS/c1-21-10-11-22(2)33(21)19-16-30-14-17-31(18-15-30)25(34)20-35-27-26(32-12-6-3-7-13-32)28-23-8-4-5-9-24(23)29-27/h4-5,8-11H,3,6-7,12-20H2,1-2H3. The van der Waals surface area contributed by atoms with Gasteiger partial charge in [0, 0.05) is 63.7 Å². The zero-order valence-electron chi connectivity index (χ0n) is 20.9. The summed E-state index contributed by atoms with van der Waals surface area (Å²) in [7, 11) is 0. The molecule has 2 fully saturated rings. The van der Waals surface area contributed by atoms with E-state index in [0.29, 0.717) is 5.75 Å². The molecule has 0 unspecified atom stereocenters. The predicted molar refractivity (Wildman–Crippen MR) is 143 cm³/mol. The van der Waals surface area contributed by atoms with E-state index in [-0.39, 0.29) is 5.91 Å². The first-order chi connectivity index (χ1) is 17.1. The van der Waals surface area contributed by atoms with Crippen molar-refractivity contribution in [1.29, 1.82) is 0 Å². The molecule has 0 saturated carbocycles. The van der Waals surface area contributed by atoms with Gasteiger partial charge >= 0.3 is 0 Å². The Labute approximate surface area is 212 Å². The predicted octanol–water partition coefficient (Wildman–Crippen LogP) is 3.97. The highest BCUT2D eigenvalue weighted by Crippen LogP contribution is 2.31. The van der Waals surface area contributed by atoms with Gasteiger partial charge in [-0.15, -0.1) is 0 Å². The maximum Gasteiger partial charge on any atom is 0.233 e. The molecular formula is C27H36N6OS. The normalized spacial score (nSPS) is 17.3. The number of aryl methyl sites for hydroxylation is 2. The number of thioether (sulfide) groups is 1. The van der Waals surface area contributed by atoms with E-state index in [1.165, 1.54) is 30.7 Å². The fourth-order valence-electron chi connectivity index (χ4n) is 5.12. The lowest BCUT2D eigenvalue weighted by Gasteiger charge is -2.35. The highest BCUT2D eigenvalue weighted by atomic mass is 32.2. The van der Waals surface area contributed by atoms with Crippen molar-refractivity contribution in [3.63, 3.8) is 0 Å². The quantitative estimate of drug-likeness (QED) is 0.465. The molecule has 2 saturated heterocycles. The number of para-hydroxylation sites is 2. The first-order valence-corrected chi connectivity index (χ1v) is 13.8. The molecule has 1 aromatic carbocycles. The second-order valence-electron chi connectivity index (χ2n) is 9.67. The van der Waals surface area contributed by atoms with Gasteiger partial charge in [0.15, 0.2) is 5.82 Å². The molecule has 35 heavy (non-hydrogen) atoms. The lowest BCUT2D eigenvalue weighted by atomic mass is 10.1. The van der Waals surface area contributed by atoms with Gasteiger partial charge in [-0.2, -0.15) is 0 Å². The summed E-state index contributed by atoms with van der Waals surface area (Å²) in [5.41, 5.74) is 4.44. The molecule has 0 radical (unpaired) electrons. The van der Waals surface area contributed by atoms with Crippen LogP contribution in [0.25, 0.3) is 11.0 Å². The van der Waals surface area contributed by atoms with Crippen molar-refractivity contribution in [3.8, 4) is 0 Å². The van der Waals surface area contributed by atoms with E-state index in [1.807, 2.05) is 29.2 Å². The van der Waals surface area contributed by atoms with Gasteiger partial charge in [-0.05, 0) is 57.4 Å². The lowest BCUT2D eigenvalue weighted by molar-refractivity contribution is -0.130. The summed E-state index contributed by atoms with van der Waals surface area (Å²) in [5.74, 6) is 1.56. The van der Waals surface area contributed by atoms with Crippen molar-refractivity contribution in [3.05, 3.63) is 47.8 Å². The Morgan fingerprint density at radius 1 is 0.829 bits per heavy atom. The van der Waals surface area contributed by atoms with Gasteiger partial charge in [0.05, 0.1) is 16.8 Å². The van der Waals surface area contributed by atoms with Gasteiger partial charge in [-0.3, -0.25) is 9.69 Å². The number of hydrogen-bond donors (Lipinski definition) is 0. The van der Waals surface area contributed by atoms with Crippen LogP contribution < -0.4 is 4.90 Å². The minimum Gasteiger partial charge on any atom is -0.354 e. The van der Waals surface area contributed by atoms with Crippen LogP contribution in [0.5, 0.6) is 0 Å². The summed E-state index contributed by atoms with van der Waals surface area (Å²) in [5, 5.41) is 0.884. The average molecular weight is 493 g/mol. The SMILES string of the molecule is Cc1ccc(C)n1CCN1CCN(C(=O)CSc2nc3ccccc3nc2N2CCCCC2)CC1. The third-order valence-electron chi connectivity index (χ3n) is 7.29. The lowest BCUT2D eigenvalue weighted by Crippen LogP contribution is -2.49. The number of piperidine rings is 1. The first kappa shape index (κ1) is 24.1. The Hall–Kier alpha value is -2.58. The number of rotatable bonds is 7. The van der Waals surface area contributed by atoms with Crippen LogP contribution in [0.1, 0.15) is 30.7 Å². The monoisotopic (exact) mass is 492 g/mol. The van der Waals surface area contributed by atoms with Crippen LogP contribution in [0.3, 0.4) is 0 Å². The van der Waals surface area contributed by atoms with Crippen LogP contribution in [0.15, 0.2) is 41.4 Å². The molecule has 3 aromatic rings. The fourth-order valence-corrected chi connectivity index (χ4v) is 6.03. The molecule has 2 aliphatic rings. The summed E-state index contributed by atoms with van der Waals surface area (Å²) >= 11 is 1.55. The Balaban J connectivity index is 1.18. The fraction of sp³-hybridized carbons (Fsp3) is 0.519. The third kappa shape index (κ3) is 5.64. The van der Waals surface area contributed by atoms with Crippen molar-refractivity contribution in [1.82, 2.24) is 24.3 Å². The van der Waals surface area contributed by atoms with Crippen molar-refractivity contribution >= 4 is 34.5 Å². The zero-order valence-corrected chi connectivity index (χ0v) is 21.8. The van der Waals surface area contributed by atoms with Gasteiger partial charge < -0.3 is 14.4 Å². The highest BCUT2D eigenvalue weighted by Gasteiger charge is 2.23. The molecule has 186 valence electrons. The maximum atomic E-state index is 13.1. The number of amides is 1. The molecule has 0 spiro atoms. The molecule has 0 atom stereocenters. The van der Waals surface area contributed by atoms with Crippen LogP contribution in [-0.2, 0) is 11.3 Å². The molecule has 1 amide bonds. The Morgan fingerprint density at radius 2 is 1.49 bits per heavy atom. The van der Waals surface area contributed by atoms with Crippen LogP contribution in [0.4, 0.5) is 5.82 Å². The maximum absolute atomic E-state index is 13.1. The second-order valence-corrected chi connectivity index (χ2v) is 10.6. The number of benzene rings is 1.